The highest BCUT2D eigenvalue weighted by Gasteiger charge is 2.13. The van der Waals surface area contributed by atoms with Gasteiger partial charge in [0.2, 0.25) is 0 Å². The van der Waals surface area contributed by atoms with Crippen molar-refractivity contribution in [3.05, 3.63) is 123 Å². The molecule has 0 radical (unpaired) electrons. The van der Waals surface area contributed by atoms with Crippen LogP contribution in [-0.2, 0) is 18.0 Å². The Morgan fingerprint density at radius 1 is 0.800 bits per heavy atom. The van der Waals surface area contributed by atoms with Gasteiger partial charge in [-0.3, -0.25) is 4.79 Å². The Hall–Kier alpha value is -4.44. The molecule has 202 valence electrons. The van der Waals surface area contributed by atoms with Gasteiger partial charge in [-0.05, 0) is 72.7 Å². The molecule has 0 spiro atoms. The molecule has 0 aliphatic rings. The van der Waals surface area contributed by atoms with Gasteiger partial charge in [-0.25, -0.2) is 0 Å². The minimum atomic E-state index is -0.580. The summed E-state index contributed by atoms with van der Waals surface area (Å²) >= 11 is 12.2. The van der Waals surface area contributed by atoms with Crippen LogP contribution in [0.3, 0.4) is 0 Å². The molecule has 40 heavy (non-hydrogen) atoms. The Morgan fingerprint density at radius 2 is 1.52 bits per heavy atom. The maximum absolute atomic E-state index is 12.8. The normalized spacial score (nSPS) is 10.9. The molecule has 4 aromatic carbocycles. The average molecular weight is 573 g/mol. The summed E-state index contributed by atoms with van der Waals surface area (Å²) < 4.78 is 17.9. The van der Waals surface area contributed by atoms with Gasteiger partial charge in [0.15, 0.2) is 11.5 Å². The lowest BCUT2D eigenvalue weighted by atomic mass is 10.1. The van der Waals surface area contributed by atoms with Gasteiger partial charge in [0.1, 0.15) is 30.6 Å². The molecule has 0 fully saturated rings. The van der Waals surface area contributed by atoms with Gasteiger partial charge in [-0.1, -0.05) is 65.7 Å². The molecule has 0 aliphatic carbocycles. The summed E-state index contributed by atoms with van der Waals surface area (Å²) in [6.45, 7) is 3.01. The van der Waals surface area contributed by atoms with Crippen LogP contribution in [0.5, 0.6) is 17.2 Å². The van der Waals surface area contributed by atoms with Crippen LogP contribution >= 0.6 is 23.2 Å². The molecule has 1 amide bonds. The van der Waals surface area contributed by atoms with E-state index in [-0.39, 0.29) is 12.2 Å². The molecule has 4 aromatic rings. The van der Waals surface area contributed by atoms with E-state index in [9.17, 15) is 10.1 Å². The minimum Gasteiger partial charge on any atom is -0.490 e. The number of rotatable bonds is 11. The number of nitrogens with zero attached hydrogens (tertiary/aromatic N) is 1. The van der Waals surface area contributed by atoms with Gasteiger partial charge >= 0.3 is 0 Å². The maximum Gasteiger partial charge on any atom is 0.266 e. The number of benzene rings is 4. The highest BCUT2D eigenvalue weighted by Crippen LogP contribution is 2.31. The number of hydrogen-bond acceptors (Lipinski definition) is 5. The van der Waals surface area contributed by atoms with E-state index in [0.29, 0.717) is 51.8 Å². The predicted molar refractivity (Wildman–Crippen MR) is 158 cm³/mol. The largest absolute Gasteiger partial charge is 0.490 e. The molecule has 0 heterocycles. The SMILES string of the molecule is CCOc1cc(COc2ccc(Cl)cc2/C=C(/C#N)C(=O)Nc2cccc(Cl)c2)ccc1OCc1ccccc1. The Balaban J connectivity index is 1.50. The van der Waals surface area contributed by atoms with Gasteiger partial charge in [-0.2, -0.15) is 5.26 Å². The molecule has 0 unspecified atom stereocenters. The highest BCUT2D eigenvalue weighted by atomic mass is 35.5. The van der Waals surface area contributed by atoms with Gasteiger partial charge < -0.3 is 19.5 Å². The monoisotopic (exact) mass is 572 g/mol. The van der Waals surface area contributed by atoms with Crippen molar-refractivity contribution in [1.29, 1.82) is 5.26 Å². The third-order valence-electron chi connectivity index (χ3n) is 5.66. The van der Waals surface area contributed by atoms with Gasteiger partial charge in [0.25, 0.3) is 5.91 Å². The van der Waals surface area contributed by atoms with Gasteiger partial charge in [-0.15, -0.1) is 0 Å². The fourth-order valence-electron chi connectivity index (χ4n) is 3.76. The van der Waals surface area contributed by atoms with Crippen LogP contribution in [0.15, 0.2) is 96.6 Å². The fraction of sp³-hybridized carbons (Fsp3) is 0.125. The Morgan fingerprint density at radius 3 is 2.27 bits per heavy atom. The van der Waals surface area contributed by atoms with E-state index in [4.69, 9.17) is 37.4 Å². The summed E-state index contributed by atoms with van der Waals surface area (Å²) in [5, 5.41) is 13.3. The smallest absolute Gasteiger partial charge is 0.266 e. The molecule has 6 nitrogen and oxygen atoms in total. The van der Waals surface area contributed by atoms with Crippen molar-refractivity contribution < 1.29 is 19.0 Å². The first-order chi connectivity index (χ1) is 19.4. The lowest BCUT2D eigenvalue weighted by Crippen LogP contribution is -2.13. The Labute approximate surface area is 243 Å². The second-order valence-corrected chi connectivity index (χ2v) is 9.47. The minimum absolute atomic E-state index is 0.120. The maximum atomic E-state index is 12.8. The van der Waals surface area contributed by atoms with E-state index >= 15 is 0 Å². The third-order valence-corrected chi connectivity index (χ3v) is 6.13. The van der Waals surface area contributed by atoms with E-state index in [0.717, 1.165) is 11.1 Å². The summed E-state index contributed by atoms with van der Waals surface area (Å²) in [5.74, 6) is 1.12. The number of anilines is 1. The molecular weight excluding hydrogens is 547 g/mol. The number of halogens is 2. The zero-order chi connectivity index (χ0) is 28.3. The summed E-state index contributed by atoms with van der Waals surface area (Å²) in [7, 11) is 0. The van der Waals surface area contributed by atoms with Crippen molar-refractivity contribution in [3.8, 4) is 23.3 Å². The second kappa shape index (κ2) is 14.1. The van der Waals surface area contributed by atoms with Crippen LogP contribution in [0.25, 0.3) is 6.08 Å². The van der Waals surface area contributed by atoms with E-state index < -0.39 is 5.91 Å². The molecule has 0 saturated carbocycles. The van der Waals surface area contributed by atoms with E-state index in [1.807, 2.05) is 61.5 Å². The van der Waals surface area contributed by atoms with Gasteiger partial charge in [0, 0.05) is 21.3 Å². The topological polar surface area (TPSA) is 80.6 Å². The van der Waals surface area contributed by atoms with Crippen molar-refractivity contribution in [2.45, 2.75) is 20.1 Å². The third kappa shape index (κ3) is 8.03. The summed E-state index contributed by atoms with van der Waals surface area (Å²) in [6.07, 6.45) is 1.44. The predicted octanol–water partition coefficient (Wildman–Crippen LogP) is 8.10. The zero-order valence-electron chi connectivity index (χ0n) is 21.7. The van der Waals surface area contributed by atoms with Crippen LogP contribution in [0.1, 0.15) is 23.6 Å². The molecule has 4 rings (SSSR count). The van der Waals surface area contributed by atoms with Crippen molar-refractivity contribution in [1.82, 2.24) is 0 Å². The molecule has 0 bridgehead atoms. The molecule has 0 atom stereocenters. The van der Waals surface area contributed by atoms with E-state index in [2.05, 4.69) is 5.32 Å². The standard InChI is InChI=1S/C32H26Cl2N2O4/c1-2-38-31-15-23(11-13-30(31)40-20-22-7-4-3-5-8-22)21-39-29-14-12-27(34)17-24(29)16-25(19-35)32(37)36-28-10-6-9-26(33)18-28/h3-18H,2,20-21H2,1H3,(H,36,37)/b25-16-. The molecule has 0 aromatic heterocycles. The lowest BCUT2D eigenvalue weighted by Gasteiger charge is -2.15. The highest BCUT2D eigenvalue weighted by molar-refractivity contribution is 6.31. The van der Waals surface area contributed by atoms with Crippen molar-refractivity contribution in [3.63, 3.8) is 0 Å². The second-order valence-electron chi connectivity index (χ2n) is 8.59. The van der Waals surface area contributed by atoms with Crippen molar-refractivity contribution in [2.75, 3.05) is 11.9 Å². The average Bonchev–Trinajstić information content (AvgIpc) is 2.95. The van der Waals surface area contributed by atoms with Crippen LogP contribution in [0.4, 0.5) is 5.69 Å². The number of carbonyl (C=O) groups excluding carboxylic acids is 1. The molecule has 8 heteroatoms. The number of ether oxygens (including phenoxy) is 3. The van der Waals surface area contributed by atoms with Crippen molar-refractivity contribution in [2.24, 2.45) is 0 Å². The Bertz CT molecular complexity index is 1550. The first-order valence-corrected chi connectivity index (χ1v) is 13.2. The van der Waals surface area contributed by atoms with Crippen LogP contribution < -0.4 is 19.5 Å². The first-order valence-electron chi connectivity index (χ1n) is 12.5. The summed E-state index contributed by atoms with van der Waals surface area (Å²) in [5.41, 5.74) is 2.74. The molecule has 1 N–H and O–H groups in total. The molecule has 0 saturated heterocycles. The van der Waals surface area contributed by atoms with Crippen LogP contribution in [0.2, 0.25) is 10.0 Å². The summed E-state index contributed by atoms with van der Waals surface area (Å²) in [6, 6.07) is 29.1. The number of nitriles is 1. The lowest BCUT2D eigenvalue weighted by molar-refractivity contribution is -0.112. The number of nitrogens with one attached hydrogen (secondary N) is 1. The fourth-order valence-corrected chi connectivity index (χ4v) is 4.13. The first kappa shape index (κ1) is 28.6. The number of carbonyl (C=O) groups is 1. The zero-order valence-corrected chi connectivity index (χ0v) is 23.2. The quantitative estimate of drug-likeness (QED) is 0.145. The van der Waals surface area contributed by atoms with Gasteiger partial charge in [0.05, 0.1) is 6.61 Å². The van der Waals surface area contributed by atoms with Crippen molar-refractivity contribution >= 4 is 40.9 Å². The summed E-state index contributed by atoms with van der Waals surface area (Å²) in [4.78, 5) is 12.8. The van der Waals surface area contributed by atoms with Crippen LogP contribution in [-0.4, -0.2) is 12.5 Å². The van der Waals surface area contributed by atoms with E-state index in [1.54, 1.807) is 42.5 Å². The molecule has 0 aliphatic heterocycles. The van der Waals surface area contributed by atoms with E-state index in [1.165, 1.54) is 6.08 Å². The number of amides is 1. The Kier molecular flexibility index (Phi) is 10.1. The van der Waals surface area contributed by atoms with Crippen LogP contribution in [0, 0.1) is 11.3 Å². The number of hydrogen-bond donors (Lipinski definition) is 1. The molecular formula is C32H26Cl2N2O4.